The average Bonchev–Trinajstić information content (AvgIpc) is 2.71. The number of pyridine rings is 1. The average molecular weight is 398 g/mol. The number of ether oxygens (including phenoxy) is 1. The number of rotatable bonds is 8. The van der Waals surface area contributed by atoms with E-state index in [1.807, 2.05) is 19.1 Å². The van der Waals surface area contributed by atoms with E-state index in [1.54, 1.807) is 37.6 Å². The first-order valence-corrected chi connectivity index (χ1v) is 9.92. The van der Waals surface area contributed by atoms with E-state index < -0.39 is 0 Å². The molecule has 0 spiro atoms. The molecule has 1 amide bonds. The summed E-state index contributed by atoms with van der Waals surface area (Å²) in [6.07, 6.45) is 2.45. The van der Waals surface area contributed by atoms with Gasteiger partial charge in [0.2, 0.25) is 5.91 Å². The highest BCUT2D eigenvalue weighted by Gasteiger charge is 2.15. The van der Waals surface area contributed by atoms with Crippen LogP contribution in [0.2, 0.25) is 0 Å². The van der Waals surface area contributed by atoms with E-state index in [-0.39, 0.29) is 17.2 Å². The lowest BCUT2D eigenvalue weighted by molar-refractivity contribution is -0.118. The Morgan fingerprint density at radius 1 is 1.25 bits per heavy atom. The molecule has 1 aromatic carbocycles. The lowest BCUT2D eigenvalue weighted by Gasteiger charge is -2.12. The normalized spacial score (nSPS) is 10.9. The Hall–Kier alpha value is -2.71. The summed E-state index contributed by atoms with van der Waals surface area (Å²) in [5, 5.41) is 3.79. The van der Waals surface area contributed by atoms with Gasteiger partial charge in [0.1, 0.15) is 5.82 Å². The second-order valence-corrected chi connectivity index (χ2v) is 7.17. The second kappa shape index (κ2) is 9.48. The number of hydrogen-bond donors (Lipinski definition) is 1. The van der Waals surface area contributed by atoms with Gasteiger partial charge in [0, 0.05) is 26.5 Å². The molecule has 0 aliphatic carbocycles. The van der Waals surface area contributed by atoms with Crippen LogP contribution in [-0.4, -0.2) is 46.5 Å². The number of nitrogens with zero attached hydrogens (tertiary/aromatic N) is 3. The molecule has 0 bridgehead atoms. The van der Waals surface area contributed by atoms with Crippen molar-refractivity contribution in [3.05, 3.63) is 58.5 Å². The Bertz CT molecular complexity index is 1020. The first-order valence-electron chi connectivity index (χ1n) is 8.93. The van der Waals surface area contributed by atoms with Crippen LogP contribution in [0.15, 0.2) is 52.5 Å². The zero-order valence-corrected chi connectivity index (χ0v) is 16.7. The second-order valence-electron chi connectivity index (χ2n) is 6.23. The summed E-state index contributed by atoms with van der Waals surface area (Å²) >= 11 is 1.22. The number of methoxy groups -OCH3 is 1. The maximum absolute atomic E-state index is 13.1. The first kappa shape index (κ1) is 20.0. The Kier molecular flexibility index (Phi) is 6.78. The molecule has 0 aliphatic rings. The summed E-state index contributed by atoms with van der Waals surface area (Å²) < 4.78 is 6.43. The number of thioether (sulfide) groups is 1. The number of amides is 1. The van der Waals surface area contributed by atoms with Gasteiger partial charge in [-0.25, -0.2) is 14.5 Å². The van der Waals surface area contributed by atoms with E-state index in [2.05, 4.69) is 15.3 Å². The van der Waals surface area contributed by atoms with Crippen molar-refractivity contribution < 1.29 is 9.53 Å². The van der Waals surface area contributed by atoms with Gasteiger partial charge >= 0.3 is 0 Å². The van der Waals surface area contributed by atoms with Crippen LogP contribution in [0.1, 0.15) is 12.0 Å². The molecule has 0 aliphatic heterocycles. The number of carbonyl (C=O) groups is 1. The quantitative estimate of drug-likeness (QED) is 0.356. The predicted octanol–water partition coefficient (Wildman–Crippen LogP) is 2.33. The lowest BCUT2D eigenvalue weighted by atomic mass is 10.2. The van der Waals surface area contributed by atoms with Crippen molar-refractivity contribution in [3.8, 4) is 5.82 Å². The molecule has 7 nitrogen and oxygen atoms in total. The number of aromatic nitrogens is 3. The Morgan fingerprint density at radius 2 is 2.07 bits per heavy atom. The fraction of sp³-hybridized carbons (Fsp3) is 0.300. The largest absolute Gasteiger partial charge is 0.385 e. The monoisotopic (exact) mass is 398 g/mol. The van der Waals surface area contributed by atoms with Crippen molar-refractivity contribution >= 4 is 28.6 Å². The van der Waals surface area contributed by atoms with Gasteiger partial charge in [-0.05, 0) is 37.1 Å². The van der Waals surface area contributed by atoms with Crippen LogP contribution in [-0.2, 0) is 9.53 Å². The van der Waals surface area contributed by atoms with Crippen LogP contribution in [0.25, 0.3) is 16.7 Å². The van der Waals surface area contributed by atoms with E-state index in [4.69, 9.17) is 4.74 Å². The summed E-state index contributed by atoms with van der Waals surface area (Å²) in [5.41, 5.74) is 1.39. The number of hydrogen-bond acceptors (Lipinski definition) is 6. The van der Waals surface area contributed by atoms with Gasteiger partial charge in [-0.2, -0.15) is 0 Å². The first-order chi connectivity index (χ1) is 13.6. The van der Waals surface area contributed by atoms with Crippen LogP contribution in [0, 0.1) is 6.92 Å². The van der Waals surface area contributed by atoms with E-state index >= 15 is 0 Å². The van der Waals surface area contributed by atoms with Gasteiger partial charge in [0.25, 0.3) is 5.56 Å². The molecular formula is C20H22N4O3S. The van der Waals surface area contributed by atoms with Crippen LogP contribution >= 0.6 is 11.8 Å². The predicted molar refractivity (Wildman–Crippen MR) is 110 cm³/mol. The molecule has 3 rings (SSSR count). The standard InChI is InChI=1S/C20H22N4O3S/c1-14-8-9-17(22-12-14)24-19(26)15-6-3-4-7-16(15)23-20(24)28-13-18(25)21-10-5-11-27-2/h3-4,6-9,12H,5,10-11,13H2,1-2H3,(H,21,25). The molecule has 2 aromatic heterocycles. The zero-order valence-electron chi connectivity index (χ0n) is 15.8. The number of aryl methyl sites for hydroxylation is 1. The number of nitrogens with one attached hydrogen (secondary N) is 1. The summed E-state index contributed by atoms with van der Waals surface area (Å²) in [4.78, 5) is 34.2. The fourth-order valence-corrected chi connectivity index (χ4v) is 3.46. The third kappa shape index (κ3) is 4.76. The third-order valence-corrected chi connectivity index (χ3v) is 4.99. The maximum Gasteiger partial charge on any atom is 0.267 e. The van der Waals surface area contributed by atoms with Crippen LogP contribution in [0.4, 0.5) is 0 Å². The van der Waals surface area contributed by atoms with Crippen molar-refractivity contribution in [1.82, 2.24) is 19.9 Å². The molecule has 0 radical (unpaired) electrons. The molecular weight excluding hydrogens is 376 g/mol. The number of para-hydroxylation sites is 1. The molecule has 0 saturated carbocycles. The lowest BCUT2D eigenvalue weighted by Crippen LogP contribution is -2.28. The molecule has 28 heavy (non-hydrogen) atoms. The van der Waals surface area contributed by atoms with E-state index in [9.17, 15) is 9.59 Å². The van der Waals surface area contributed by atoms with Crippen molar-refractivity contribution in [2.24, 2.45) is 0 Å². The molecule has 1 N–H and O–H groups in total. The van der Waals surface area contributed by atoms with E-state index in [0.717, 1.165) is 12.0 Å². The highest BCUT2D eigenvalue weighted by molar-refractivity contribution is 7.99. The van der Waals surface area contributed by atoms with E-state index in [0.29, 0.717) is 35.0 Å². The Labute approximate surface area is 167 Å². The maximum atomic E-state index is 13.1. The molecule has 3 aromatic rings. The number of carbonyl (C=O) groups excluding carboxylic acids is 1. The molecule has 146 valence electrons. The van der Waals surface area contributed by atoms with Crippen LogP contribution in [0.5, 0.6) is 0 Å². The molecule has 0 unspecified atom stereocenters. The highest BCUT2D eigenvalue weighted by Crippen LogP contribution is 2.20. The van der Waals surface area contributed by atoms with Gasteiger partial charge in [0.05, 0.1) is 16.7 Å². The smallest absolute Gasteiger partial charge is 0.267 e. The summed E-state index contributed by atoms with van der Waals surface area (Å²) in [6, 6.07) is 10.8. The van der Waals surface area contributed by atoms with Crippen LogP contribution < -0.4 is 10.9 Å². The fourth-order valence-electron chi connectivity index (χ4n) is 2.63. The Morgan fingerprint density at radius 3 is 2.82 bits per heavy atom. The van der Waals surface area contributed by atoms with Crippen molar-refractivity contribution in [1.29, 1.82) is 0 Å². The summed E-state index contributed by atoms with van der Waals surface area (Å²) in [5.74, 6) is 0.521. The summed E-state index contributed by atoms with van der Waals surface area (Å²) in [7, 11) is 1.63. The zero-order chi connectivity index (χ0) is 19.9. The van der Waals surface area contributed by atoms with Gasteiger partial charge in [-0.15, -0.1) is 0 Å². The van der Waals surface area contributed by atoms with Crippen LogP contribution in [0.3, 0.4) is 0 Å². The van der Waals surface area contributed by atoms with Gasteiger partial charge in [-0.3, -0.25) is 9.59 Å². The summed E-state index contributed by atoms with van der Waals surface area (Å²) in [6.45, 7) is 3.07. The Balaban J connectivity index is 1.89. The molecule has 0 saturated heterocycles. The SMILES string of the molecule is COCCCNC(=O)CSc1nc2ccccc2c(=O)n1-c1ccc(C)cn1. The molecule has 2 heterocycles. The number of fused-ring (bicyclic) bond motifs is 1. The van der Waals surface area contributed by atoms with Crippen molar-refractivity contribution in [2.45, 2.75) is 18.5 Å². The van der Waals surface area contributed by atoms with Crippen molar-refractivity contribution in [3.63, 3.8) is 0 Å². The molecule has 0 fully saturated rings. The van der Waals surface area contributed by atoms with Gasteiger partial charge in [-0.1, -0.05) is 30.0 Å². The minimum atomic E-state index is -0.204. The van der Waals surface area contributed by atoms with Gasteiger partial charge in [0.15, 0.2) is 5.16 Å². The highest BCUT2D eigenvalue weighted by atomic mass is 32.2. The molecule has 8 heteroatoms. The van der Waals surface area contributed by atoms with E-state index in [1.165, 1.54) is 16.3 Å². The molecule has 0 atom stereocenters. The van der Waals surface area contributed by atoms with Crippen molar-refractivity contribution in [2.75, 3.05) is 26.0 Å². The topological polar surface area (TPSA) is 86.1 Å². The minimum absolute atomic E-state index is 0.119. The van der Waals surface area contributed by atoms with Gasteiger partial charge < -0.3 is 10.1 Å². The third-order valence-electron chi connectivity index (χ3n) is 4.05. The number of benzene rings is 1. The minimum Gasteiger partial charge on any atom is -0.385 e.